The van der Waals surface area contributed by atoms with Crippen molar-refractivity contribution in [3.8, 4) is 0 Å². The van der Waals surface area contributed by atoms with Crippen molar-refractivity contribution in [3.05, 3.63) is 41.6 Å². The Morgan fingerprint density at radius 1 is 1.33 bits per heavy atom. The molecule has 0 aliphatic rings. The van der Waals surface area contributed by atoms with E-state index in [4.69, 9.17) is 5.11 Å². The van der Waals surface area contributed by atoms with Gasteiger partial charge in [-0.15, -0.1) is 12.4 Å². The molecule has 0 aliphatic carbocycles. The van der Waals surface area contributed by atoms with Crippen LogP contribution in [0.5, 0.6) is 0 Å². The van der Waals surface area contributed by atoms with E-state index in [1.165, 1.54) is 0 Å². The highest BCUT2D eigenvalue weighted by Gasteiger charge is 2.11. The first kappa shape index (κ1) is 11.5. The molecule has 1 heterocycles. The number of aromatic carboxylic acids is 1. The van der Waals surface area contributed by atoms with E-state index < -0.39 is 5.97 Å². The molecule has 0 atom stereocenters. The summed E-state index contributed by atoms with van der Waals surface area (Å²) in [6, 6.07) is 7.33. The first-order chi connectivity index (χ1) is 6.70. The van der Waals surface area contributed by atoms with Crippen molar-refractivity contribution < 1.29 is 9.90 Å². The van der Waals surface area contributed by atoms with Gasteiger partial charge in [0, 0.05) is 11.6 Å². The van der Waals surface area contributed by atoms with Crippen LogP contribution >= 0.6 is 12.4 Å². The molecule has 0 aliphatic heterocycles. The Labute approximate surface area is 93.2 Å². The van der Waals surface area contributed by atoms with Gasteiger partial charge >= 0.3 is 5.97 Å². The molecule has 2 aromatic rings. The number of pyridine rings is 1. The van der Waals surface area contributed by atoms with Crippen molar-refractivity contribution in [1.29, 1.82) is 0 Å². The summed E-state index contributed by atoms with van der Waals surface area (Å²) in [5.41, 5.74) is 1.59. The first-order valence-corrected chi connectivity index (χ1v) is 4.28. The smallest absolute Gasteiger partial charge is 0.338 e. The molecular weight excluding hydrogens is 214 g/mol. The minimum atomic E-state index is -0.924. The second-order valence-electron chi connectivity index (χ2n) is 3.14. The second kappa shape index (κ2) is 4.28. The largest absolute Gasteiger partial charge is 0.478 e. The lowest BCUT2D eigenvalue weighted by Crippen LogP contribution is -2.01. The molecule has 2 rings (SSSR count). The van der Waals surface area contributed by atoms with Crippen molar-refractivity contribution >= 4 is 29.3 Å². The summed E-state index contributed by atoms with van der Waals surface area (Å²) in [6.45, 7) is 1.78. The van der Waals surface area contributed by atoms with Gasteiger partial charge in [0.25, 0.3) is 0 Å². The van der Waals surface area contributed by atoms with Crippen LogP contribution in [0.3, 0.4) is 0 Å². The molecule has 0 fully saturated rings. The van der Waals surface area contributed by atoms with Crippen molar-refractivity contribution in [2.24, 2.45) is 0 Å². The average Bonchev–Trinajstić information content (AvgIpc) is 2.17. The molecule has 1 aromatic carbocycles. The maximum absolute atomic E-state index is 11.0. The number of carboxylic acids is 1. The summed E-state index contributed by atoms with van der Waals surface area (Å²) in [6.07, 6.45) is 1.61. The summed E-state index contributed by atoms with van der Waals surface area (Å²) < 4.78 is 0. The molecule has 1 N–H and O–H groups in total. The summed E-state index contributed by atoms with van der Waals surface area (Å²) in [5.74, 6) is -0.924. The van der Waals surface area contributed by atoms with E-state index in [-0.39, 0.29) is 12.4 Å². The van der Waals surface area contributed by atoms with Crippen LogP contribution in [0.2, 0.25) is 0 Å². The van der Waals surface area contributed by atoms with Crippen LogP contribution in [0.1, 0.15) is 15.9 Å². The summed E-state index contributed by atoms with van der Waals surface area (Å²) in [5, 5.41) is 9.88. The molecule has 78 valence electrons. The van der Waals surface area contributed by atoms with Gasteiger partial charge in [-0.25, -0.2) is 4.79 Å². The summed E-state index contributed by atoms with van der Waals surface area (Å²) in [4.78, 5) is 15.1. The lowest BCUT2D eigenvalue weighted by Gasteiger charge is -2.04. The van der Waals surface area contributed by atoms with Crippen LogP contribution in [0.4, 0.5) is 0 Å². The van der Waals surface area contributed by atoms with Crippen LogP contribution in [-0.4, -0.2) is 16.1 Å². The molecule has 0 spiro atoms. The average molecular weight is 224 g/mol. The topological polar surface area (TPSA) is 50.2 Å². The van der Waals surface area contributed by atoms with E-state index in [1.54, 1.807) is 25.3 Å². The standard InChI is InChI=1S/C11H9NO2.ClH/c1-7-4-5-8-3-2-6-12-10(8)9(7)11(13)14;/h2-6H,1H3,(H,13,14);1H. The number of hydrogen-bond acceptors (Lipinski definition) is 2. The van der Waals surface area contributed by atoms with Crippen molar-refractivity contribution in [3.63, 3.8) is 0 Å². The first-order valence-electron chi connectivity index (χ1n) is 4.28. The zero-order valence-electron chi connectivity index (χ0n) is 8.10. The summed E-state index contributed by atoms with van der Waals surface area (Å²) >= 11 is 0. The molecule has 15 heavy (non-hydrogen) atoms. The van der Waals surface area contributed by atoms with Gasteiger partial charge in [0.15, 0.2) is 0 Å². The lowest BCUT2D eigenvalue weighted by atomic mass is 10.0. The molecule has 0 unspecified atom stereocenters. The number of fused-ring (bicyclic) bond motifs is 1. The number of carbonyl (C=O) groups is 1. The molecule has 0 saturated carbocycles. The van der Waals surface area contributed by atoms with E-state index in [1.807, 2.05) is 12.1 Å². The van der Waals surface area contributed by atoms with Crippen molar-refractivity contribution in [1.82, 2.24) is 4.98 Å². The number of aryl methyl sites for hydroxylation is 1. The number of aromatic nitrogens is 1. The van der Waals surface area contributed by atoms with Gasteiger partial charge in [-0.3, -0.25) is 4.98 Å². The monoisotopic (exact) mass is 223 g/mol. The second-order valence-corrected chi connectivity index (χ2v) is 3.14. The van der Waals surface area contributed by atoms with E-state index in [0.717, 1.165) is 10.9 Å². The highest BCUT2D eigenvalue weighted by Crippen LogP contribution is 2.19. The van der Waals surface area contributed by atoms with Crippen molar-refractivity contribution in [2.45, 2.75) is 6.92 Å². The molecule has 0 saturated heterocycles. The fraction of sp³-hybridized carbons (Fsp3) is 0.0909. The lowest BCUT2D eigenvalue weighted by molar-refractivity contribution is 0.0698. The van der Waals surface area contributed by atoms with Crippen LogP contribution in [-0.2, 0) is 0 Å². The van der Waals surface area contributed by atoms with Crippen LogP contribution < -0.4 is 0 Å². The van der Waals surface area contributed by atoms with Gasteiger partial charge in [-0.2, -0.15) is 0 Å². The molecular formula is C11H10ClNO2. The molecule has 0 radical (unpaired) electrons. The molecule has 0 amide bonds. The molecule has 3 nitrogen and oxygen atoms in total. The fourth-order valence-electron chi connectivity index (χ4n) is 1.52. The SMILES string of the molecule is Cc1ccc2cccnc2c1C(=O)O.Cl. The maximum Gasteiger partial charge on any atom is 0.338 e. The number of hydrogen-bond donors (Lipinski definition) is 1. The third-order valence-corrected chi connectivity index (χ3v) is 2.20. The Morgan fingerprint density at radius 3 is 2.73 bits per heavy atom. The molecule has 4 heteroatoms. The predicted molar refractivity (Wildman–Crippen MR) is 60.7 cm³/mol. The Hall–Kier alpha value is -1.61. The van der Waals surface area contributed by atoms with E-state index in [9.17, 15) is 4.79 Å². The number of carboxylic acid groups (broad SMARTS) is 1. The Morgan fingerprint density at radius 2 is 2.07 bits per heavy atom. The third kappa shape index (κ3) is 1.92. The van der Waals surface area contributed by atoms with Gasteiger partial charge in [0.2, 0.25) is 0 Å². The minimum Gasteiger partial charge on any atom is -0.478 e. The van der Waals surface area contributed by atoms with Gasteiger partial charge in [-0.1, -0.05) is 18.2 Å². The summed E-state index contributed by atoms with van der Waals surface area (Å²) in [7, 11) is 0. The Kier molecular flexibility index (Phi) is 3.27. The minimum absolute atomic E-state index is 0. The van der Waals surface area contributed by atoms with E-state index >= 15 is 0 Å². The normalized spacial score (nSPS) is 9.67. The van der Waals surface area contributed by atoms with Crippen molar-refractivity contribution in [2.75, 3.05) is 0 Å². The van der Waals surface area contributed by atoms with Gasteiger partial charge < -0.3 is 5.11 Å². The van der Waals surface area contributed by atoms with E-state index in [0.29, 0.717) is 11.1 Å². The van der Waals surface area contributed by atoms with Gasteiger partial charge in [-0.05, 0) is 18.6 Å². The quantitative estimate of drug-likeness (QED) is 0.809. The zero-order valence-corrected chi connectivity index (χ0v) is 8.91. The Balaban J connectivity index is 0.00000112. The highest BCUT2D eigenvalue weighted by molar-refractivity contribution is 6.03. The Bertz CT molecular complexity index is 511. The fourth-order valence-corrected chi connectivity index (χ4v) is 1.52. The number of nitrogens with zero attached hydrogens (tertiary/aromatic N) is 1. The highest BCUT2D eigenvalue weighted by atomic mass is 35.5. The number of benzene rings is 1. The van der Waals surface area contributed by atoms with Gasteiger partial charge in [0.1, 0.15) is 0 Å². The predicted octanol–water partition coefficient (Wildman–Crippen LogP) is 2.66. The van der Waals surface area contributed by atoms with Crippen LogP contribution in [0.25, 0.3) is 10.9 Å². The third-order valence-electron chi connectivity index (χ3n) is 2.20. The maximum atomic E-state index is 11.0. The van der Waals surface area contributed by atoms with Gasteiger partial charge in [0.05, 0.1) is 11.1 Å². The number of rotatable bonds is 1. The van der Waals surface area contributed by atoms with Crippen LogP contribution in [0.15, 0.2) is 30.5 Å². The van der Waals surface area contributed by atoms with E-state index in [2.05, 4.69) is 4.98 Å². The molecule has 0 bridgehead atoms. The zero-order chi connectivity index (χ0) is 10.1. The van der Waals surface area contributed by atoms with Crippen LogP contribution in [0, 0.1) is 6.92 Å². The molecule has 1 aromatic heterocycles. The number of halogens is 1.